The van der Waals surface area contributed by atoms with Crippen molar-refractivity contribution in [1.29, 1.82) is 5.41 Å². The second-order valence-corrected chi connectivity index (χ2v) is 3.12. The van der Waals surface area contributed by atoms with Crippen LogP contribution in [0.25, 0.3) is 0 Å². The molecule has 0 saturated heterocycles. The van der Waals surface area contributed by atoms with Gasteiger partial charge >= 0.3 is 13.0 Å². The van der Waals surface area contributed by atoms with Crippen LogP contribution in [0.1, 0.15) is 5.56 Å². The maximum absolute atomic E-state index is 11.9. The maximum atomic E-state index is 11.9. The SMILES string of the molecule is N=C(COC(F)(F)F)c1cccc(OC(F)F)c1. The van der Waals surface area contributed by atoms with E-state index in [2.05, 4.69) is 9.47 Å². The maximum Gasteiger partial charge on any atom is 0.522 e. The van der Waals surface area contributed by atoms with Crippen LogP contribution >= 0.6 is 0 Å². The van der Waals surface area contributed by atoms with E-state index in [4.69, 9.17) is 5.41 Å². The summed E-state index contributed by atoms with van der Waals surface area (Å²) >= 11 is 0. The second kappa shape index (κ2) is 5.76. The largest absolute Gasteiger partial charge is 0.522 e. The van der Waals surface area contributed by atoms with E-state index in [1.54, 1.807) is 0 Å². The molecule has 100 valence electrons. The molecule has 0 saturated carbocycles. The number of ether oxygens (including phenoxy) is 2. The van der Waals surface area contributed by atoms with Gasteiger partial charge in [0, 0.05) is 5.56 Å². The summed E-state index contributed by atoms with van der Waals surface area (Å²) in [4.78, 5) is 0. The Morgan fingerprint density at radius 3 is 2.50 bits per heavy atom. The highest BCUT2D eigenvalue weighted by Gasteiger charge is 2.29. The molecule has 0 radical (unpaired) electrons. The number of hydrogen-bond donors (Lipinski definition) is 1. The third kappa shape index (κ3) is 5.09. The number of halogens is 5. The van der Waals surface area contributed by atoms with Gasteiger partial charge in [-0.05, 0) is 12.1 Å². The predicted molar refractivity (Wildman–Crippen MR) is 51.9 cm³/mol. The van der Waals surface area contributed by atoms with Gasteiger partial charge in [0.15, 0.2) is 0 Å². The van der Waals surface area contributed by atoms with Crippen LogP contribution in [0.5, 0.6) is 5.75 Å². The monoisotopic (exact) mass is 269 g/mol. The smallest absolute Gasteiger partial charge is 0.435 e. The van der Waals surface area contributed by atoms with E-state index in [0.717, 1.165) is 6.07 Å². The van der Waals surface area contributed by atoms with Crippen LogP contribution in [-0.2, 0) is 4.74 Å². The zero-order chi connectivity index (χ0) is 13.8. The second-order valence-electron chi connectivity index (χ2n) is 3.12. The minimum atomic E-state index is -4.84. The van der Waals surface area contributed by atoms with Crippen LogP contribution < -0.4 is 4.74 Å². The lowest BCUT2D eigenvalue weighted by Crippen LogP contribution is -2.19. The molecule has 0 unspecified atom stereocenters. The molecule has 1 rings (SSSR count). The summed E-state index contributed by atoms with van der Waals surface area (Å²) < 4.78 is 66.5. The van der Waals surface area contributed by atoms with E-state index in [-0.39, 0.29) is 11.3 Å². The fourth-order valence-electron chi connectivity index (χ4n) is 1.10. The minimum absolute atomic E-state index is 0.0115. The highest BCUT2D eigenvalue weighted by atomic mass is 19.4. The first-order chi connectivity index (χ1) is 8.28. The van der Waals surface area contributed by atoms with Crippen LogP contribution in [0.3, 0.4) is 0 Å². The predicted octanol–water partition coefficient (Wildman–Crippen LogP) is 3.19. The molecule has 0 amide bonds. The van der Waals surface area contributed by atoms with Crippen LogP contribution in [0.2, 0.25) is 0 Å². The summed E-state index contributed by atoms with van der Waals surface area (Å²) in [6, 6.07) is 4.82. The van der Waals surface area contributed by atoms with Gasteiger partial charge in [-0.15, -0.1) is 13.2 Å². The summed E-state index contributed by atoms with van der Waals surface area (Å²) in [7, 11) is 0. The van der Waals surface area contributed by atoms with Crippen molar-refractivity contribution in [3.63, 3.8) is 0 Å². The lowest BCUT2D eigenvalue weighted by atomic mass is 10.1. The van der Waals surface area contributed by atoms with Gasteiger partial charge in [0.05, 0.1) is 12.3 Å². The van der Waals surface area contributed by atoms with Crippen molar-refractivity contribution in [1.82, 2.24) is 0 Å². The van der Waals surface area contributed by atoms with Gasteiger partial charge in [0.25, 0.3) is 0 Å². The summed E-state index contributed by atoms with van der Waals surface area (Å²) in [6.07, 6.45) is -4.84. The zero-order valence-electron chi connectivity index (χ0n) is 8.80. The molecule has 0 aliphatic carbocycles. The first-order valence-corrected chi connectivity index (χ1v) is 4.61. The average Bonchev–Trinajstić information content (AvgIpc) is 2.24. The van der Waals surface area contributed by atoms with Crippen molar-refractivity contribution in [2.75, 3.05) is 6.61 Å². The van der Waals surface area contributed by atoms with E-state index in [0.29, 0.717) is 0 Å². The third-order valence-electron chi connectivity index (χ3n) is 1.79. The fraction of sp³-hybridized carbons (Fsp3) is 0.300. The Labute approximate surface area is 98.6 Å². The molecule has 0 aliphatic heterocycles. The Morgan fingerprint density at radius 2 is 1.94 bits per heavy atom. The Kier molecular flexibility index (Phi) is 4.60. The van der Waals surface area contributed by atoms with Crippen molar-refractivity contribution < 1.29 is 31.4 Å². The molecule has 0 heterocycles. The quantitative estimate of drug-likeness (QED) is 0.659. The topological polar surface area (TPSA) is 42.3 Å². The van der Waals surface area contributed by atoms with Crippen LogP contribution in [0.4, 0.5) is 22.0 Å². The number of hydrogen-bond acceptors (Lipinski definition) is 3. The fourth-order valence-corrected chi connectivity index (χ4v) is 1.10. The van der Waals surface area contributed by atoms with Crippen LogP contribution in [0.15, 0.2) is 24.3 Å². The van der Waals surface area contributed by atoms with Gasteiger partial charge in [-0.2, -0.15) is 8.78 Å². The van der Waals surface area contributed by atoms with Gasteiger partial charge < -0.3 is 10.1 Å². The Balaban J connectivity index is 2.68. The first kappa shape index (κ1) is 14.4. The number of nitrogens with one attached hydrogen (secondary N) is 1. The summed E-state index contributed by atoms with van der Waals surface area (Å²) in [6.45, 7) is -4.04. The normalized spacial score (nSPS) is 11.7. The minimum Gasteiger partial charge on any atom is -0.435 e. The molecule has 8 heteroatoms. The third-order valence-corrected chi connectivity index (χ3v) is 1.79. The van der Waals surface area contributed by atoms with Crippen molar-refractivity contribution in [2.24, 2.45) is 0 Å². The van der Waals surface area contributed by atoms with Gasteiger partial charge in [-0.25, -0.2) is 0 Å². The number of benzene rings is 1. The van der Waals surface area contributed by atoms with E-state index in [9.17, 15) is 22.0 Å². The molecule has 18 heavy (non-hydrogen) atoms. The highest BCUT2D eigenvalue weighted by molar-refractivity contribution is 5.99. The number of alkyl halides is 5. The van der Waals surface area contributed by atoms with Gasteiger partial charge in [0.1, 0.15) is 5.75 Å². The average molecular weight is 269 g/mol. The molecule has 3 nitrogen and oxygen atoms in total. The number of rotatable bonds is 5. The van der Waals surface area contributed by atoms with Gasteiger partial charge in [0.2, 0.25) is 0 Å². The summed E-state index contributed by atoms with van der Waals surface area (Å²) in [5.41, 5.74) is -0.482. The van der Waals surface area contributed by atoms with Crippen molar-refractivity contribution >= 4 is 5.71 Å². The standard InChI is InChI=1S/C10H8F5NO2/c11-9(12)18-7-3-1-2-6(4-7)8(16)5-17-10(13,14)15/h1-4,9,16H,5H2. The van der Waals surface area contributed by atoms with Gasteiger partial charge in [-0.1, -0.05) is 12.1 Å². The van der Waals surface area contributed by atoms with E-state index in [1.165, 1.54) is 18.2 Å². The summed E-state index contributed by atoms with van der Waals surface area (Å²) in [5.74, 6) is -0.237. The van der Waals surface area contributed by atoms with E-state index >= 15 is 0 Å². The molecule has 0 aliphatic rings. The molecule has 1 aromatic rings. The van der Waals surface area contributed by atoms with Crippen LogP contribution in [0, 0.1) is 5.41 Å². The molecule has 0 atom stereocenters. The van der Waals surface area contributed by atoms with E-state index < -0.39 is 25.3 Å². The van der Waals surface area contributed by atoms with Crippen molar-refractivity contribution in [2.45, 2.75) is 13.0 Å². The highest BCUT2D eigenvalue weighted by Crippen LogP contribution is 2.19. The van der Waals surface area contributed by atoms with Crippen molar-refractivity contribution in [3.05, 3.63) is 29.8 Å². The molecule has 0 aromatic heterocycles. The molecule has 0 fully saturated rings. The van der Waals surface area contributed by atoms with Crippen LogP contribution in [-0.4, -0.2) is 25.3 Å². The Morgan fingerprint density at radius 1 is 1.28 bits per heavy atom. The molecule has 1 N–H and O–H groups in total. The Hall–Kier alpha value is -1.70. The van der Waals surface area contributed by atoms with Gasteiger partial charge in [-0.3, -0.25) is 4.74 Å². The lowest BCUT2D eigenvalue weighted by Gasteiger charge is -2.10. The molecule has 0 spiro atoms. The van der Waals surface area contributed by atoms with Crippen molar-refractivity contribution in [3.8, 4) is 5.75 Å². The molecular weight excluding hydrogens is 261 g/mol. The summed E-state index contributed by atoms with van der Waals surface area (Å²) in [5, 5.41) is 7.32. The lowest BCUT2D eigenvalue weighted by molar-refractivity contribution is -0.317. The molecule has 1 aromatic carbocycles. The zero-order valence-corrected chi connectivity index (χ0v) is 8.80. The Bertz CT molecular complexity index is 419. The molecular formula is C10H8F5NO2. The first-order valence-electron chi connectivity index (χ1n) is 4.61. The molecule has 0 bridgehead atoms. The van der Waals surface area contributed by atoms with E-state index in [1.807, 2.05) is 0 Å².